The molecule has 1 aromatic heterocycles. The minimum absolute atomic E-state index is 0.172. The fraction of sp³-hybridized carbons (Fsp3) is 0.533. The molecule has 0 radical (unpaired) electrons. The third kappa shape index (κ3) is 2.99. The number of nitrogens with two attached hydrogens (primary N) is 1. The van der Waals surface area contributed by atoms with E-state index in [2.05, 4.69) is 16.7 Å². The minimum Gasteiger partial charge on any atom is -0.335 e. The van der Waals surface area contributed by atoms with Crippen molar-refractivity contribution < 1.29 is 4.79 Å². The normalized spacial score (nSPS) is 17.7. The van der Waals surface area contributed by atoms with Crippen molar-refractivity contribution in [2.24, 2.45) is 11.7 Å². The van der Waals surface area contributed by atoms with E-state index < -0.39 is 0 Å². The van der Waals surface area contributed by atoms with E-state index in [1.54, 1.807) is 0 Å². The Hall–Kier alpha value is -1.31. The maximum Gasteiger partial charge on any atom is 0.265 e. The maximum atomic E-state index is 12.7. The Morgan fingerprint density at radius 3 is 2.84 bits per heavy atom. The summed E-state index contributed by atoms with van der Waals surface area (Å²) in [6.45, 7) is 1.27. The molecule has 0 aromatic carbocycles. The Morgan fingerprint density at radius 1 is 1.42 bits per heavy atom. The van der Waals surface area contributed by atoms with Crippen molar-refractivity contribution >= 4 is 17.2 Å². The lowest BCUT2D eigenvalue weighted by Crippen LogP contribution is -2.34. The minimum atomic E-state index is 0.172. The van der Waals surface area contributed by atoms with Gasteiger partial charge in [0, 0.05) is 18.2 Å². The van der Waals surface area contributed by atoms with Crippen LogP contribution in [0.5, 0.6) is 0 Å². The first-order valence-corrected chi connectivity index (χ1v) is 7.75. The highest BCUT2D eigenvalue weighted by atomic mass is 32.1. The zero-order valence-electron chi connectivity index (χ0n) is 10.9. The first kappa shape index (κ1) is 12.7. The number of rotatable bonds is 4. The van der Waals surface area contributed by atoms with Crippen molar-refractivity contribution in [3.8, 4) is 11.8 Å². The molecule has 2 N–H and O–H groups in total. The second-order valence-corrected chi connectivity index (χ2v) is 6.22. The molecular weight excluding hydrogens is 256 g/mol. The first-order valence-electron chi connectivity index (χ1n) is 6.87. The Labute approximate surface area is 117 Å². The molecule has 2 saturated carbocycles. The van der Waals surface area contributed by atoms with Gasteiger partial charge in [0.25, 0.3) is 5.91 Å². The Kier molecular flexibility index (Phi) is 3.58. The molecule has 2 aliphatic carbocycles. The summed E-state index contributed by atoms with van der Waals surface area (Å²) in [6, 6.07) is 2.40. The van der Waals surface area contributed by atoms with Gasteiger partial charge in [-0.15, -0.1) is 11.3 Å². The van der Waals surface area contributed by atoms with Crippen molar-refractivity contribution in [3.63, 3.8) is 0 Å². The molecule has 0 aliphatic heterocycles. The molecule has 19 heavy (non-hydrogen) atoms. The van der Waals surface area contributed by atoms with E-state index in [1.165, 1.54) is 24.2 Å². The molecule has 2 fully saturated rings. The van der Waals surface area contributed by atoms with Crippen LogP contribution in [0.2, 0.25) is 0 Å². The Morgan fingerprint density at radius 2 is 2.21 bits per heavy atom. The molecule has 1 amide bonds. The lowest BCUT2D eigenvalue weighted by Gasteiger charge is -2.21. The Balaban J connectivity index is 1.78. The zero-order valence-corrected chi connectivity index (χ0v) is 11.7. The second kappa shape index (κ2) is 5.36. The van der Waals surface area contributed by atoms with Crippen LogP contribution < -0.4 is 5.73 Å². The van der Waals surface area contributed by atoms with E-state index in [4.69, 9.17) is 5.73 Å². The van der Waals surface area contributed by atoms with Crippen LogP contribution in [0.1, 0.15) is 40.9 Å². The topological polar surface area (TPSA) is 46.3 Å². The quantitative estimate of drug-likeness (QED) is 0.854. The summed E-state index contributed by atoms with van der Waals surface area (Å²) in [7, 11) is 0. The molecule has 1 aromatic rings. The molecule has 3 nitrogen and oxygen atoms in total. The molecule has 3 rings (SSSR count). The number of thiophene rings is 1. The highest BCUT2D eigenvalue weighted by Crippen LogP contribution is 2.36. The summed E-state index contributed by atoms with van der Waals surface area (Å²) < 4.78 is 0. The number of amides is 1. The number of hydrogen-bond acceptors (Lipinski definition) is 3. The van der Waals surface area contributed by atoms with E-state index in [0.29, 0.717) is 12.6 Å². The summed E-state index contributed by atoms with van der Waals surface area (Å²) in [4.78, 5) is 15.5. The average Bonchev–Trinajstić information content (AvgIpc) is 3.32. The van der Waals surface area contributed by atoms with Gasteiger partial charge in [0.15, 0.2) is 0 Å². The zero-order chi connectivity index (χ0) is 13.2. The fourth-order valence-corrected chi connectivity index (χ4v) is 3.02. The molecule has 0 unspecified atom stereocenters. The van der Waals surface area contributed by atoms with Gasteiger partial charge in [-0.1, -0.05) is 11.8 Å². The first-order chi connectivity index (χ1) is 9.29. The van der Waals surface area contributed by atoms with Crippen LogP contribution >= 0.6 is 11.3 Å². The molecule has 100 valence electrons. The molecule has 0 atom stereocenters. The molecule has 2 aliphatic rings. The van der Waals surface area contributed by atoms with Crippen LogP contribution in [0.25, 0.3) is 0 Å². The smallest absolute Gasteiger partial charge is 0.265 e. The van der Waals surface area contributed by atoms with Crippen LogP contribution in [0.3, 0.4) is 0 Å². The van der Waals surface area contributed by atoms with E-state index in [-0.39, 0.29) is 5.91 Å². The number of carbonyl (C=O) groups is 1. The van der Waals surface area contributed by atoms with Crippen LogP contribution in [-0.2, 0) is 0 Å². The molecular formula is C15H18N2OS. The highest BCUT2D eigenvalue weighted by molar-refractivity contribution is 7.12. The van der Waals surface area contributed by atoms with Gasteiger partial charge in [0.1, 0.15) is 4.88 Å². The third-order valence-electron chi connectivity index (χ3n) is 3.58. The van der Waals surface area contributed by atoms with Gasteiger partial charge in [-0.05, 0) is 43.0 Å². The number of nitrogens with zero attached hydrogens (tertiary/aromatic N) is 1. The summed E-state index contributed by atoms with van der Waals surface area (Å²) >= 11 is 1.49. The molecule has 0 saturated heterocycles. The predicted octanol–water partition coefficient (Wildman–Crippen LogP) is 2.07. The number of hydrogen-bond donors (Lipinski definition) is 1. The SMILES string of the molecule is NCC#Cc1ccsc1C(=O)N(CC1CC1)C1CC1. The molecule has 4 heteroatoms. The van der Waals surface area contributed by atoms with Crippen LogP contribution in [-0.4, -0.2) is 29.9 Å². The molecule has 1 heterocycles. The van der Waals surface area contributed by atoms with Gasteiger partial charge in [-0.2, -0.15) is 0 Å². The van der Waals surface area contributed by atoms with Crippen LogP contribution in [0, 0.1) is 17.8 Å². The summed E-state index contributed by atoms with van der Waals surface area (Å²) in [6.07, 6.45) is 4.88. The van der Waals surface area contributed by atoms with Gasteiger partial charge in [-0.3, -0.25) is 4.79 Å². The second-order valence-electron chi connectivity index (χ2n) is 5.30. The van der Waals surface area contributed by atoms with Crippen molar-refractivity contribution in [2.75, 3.05) is 13.1 Å². The van der Waals surface area contributed by atoms with E-state index in [9.17, 15) is 4.79 Å². The standard InChI is InChI=1S/C15H18N2OS/c16-8-1-2-12-7-9-19-14(12)15(18)17(13-5-6-13)10-11-3-4-11/h7,9,11,13H,3-6,8,10,16H2. The van der Waals surface area contributed by atoms with Crippen LogP contribution in [0.4, 0.5) is 0 Å². The van der Waals surface area contributed by atoms with Crippen molar-refractivity contribution in [2.45, 2.75) is 31.7 Å². The Bertz CT molecular complexity index is 532. The van der Waals surface area contributed by atoms with Crippen molar-refractivity contribution in [1.29, 1.82) is 0 Å². The van der Waals surface area contributed by atoms with Gasteiger partial charge < -0.3 is 10.6 Å². The van der Waals surface area contributed by atoms with Crippen molar-refractivity contribution in [3.05, 3.63) is 21.9 Å². The lowest BCUT2D eigenvalue weighted by molar-refractivity contribution is 0.0739. The van der Waals surface area contributed by atoms with Gasteiger partial charge >= 0.3 is 0 Å². The van der Waals surface area contributed by atoms with Gasteiger partial charge in [-0.25, -0.2) is 0 Å². The summed E-state index contributed by atoms with van der Waals surface area (Å²) in [5, 5.41) is 1.94. The van der Waals surface area contributed by atoms with Crippen molar-refractivity contribution in [1.82, 2.24) is 4.90 Å². The average molecular weight is 274 g/mol. The predicted molar refractivity (Wildman–Crippen MR) is 77.0 cm³/mol. The lowest BCUT2D eigenvalue weighted by atomic mass is 10.2. The summed E-state index contributed by atoms with van der Waals surface area (Å²) in [5.74, 6) is 6.75. The summed E-state index contributed by atoms with van der Waals surface area (Å²) in [5.41, 5.74) is 6.23. The molecule has 0 bridgehead atoms. The number of carbonyl (C=O) groups excluding carboxylic acids is 1. The van der Waals surface area contributed by atoms with E-state index >= 15 is 0 Å². The third-order valence-corrected chi connectivity index (χ3v) is 4.49. The van der Waals surface area contributed by atoms with E-state index in [1.807, 2.05) is 11.4 Å². The van der Waals surface area contributed by atoms with E-state index in [0.717, 1.165) is 35.7 Å². The molecule has 0 spiro atoms. The highest BCUT2D eigenvalue weighted by Gasteiger charge is 2.37. The maximum absolute atomic E-state index is 12.7. The fourth-order valence-electron chi connectivity index (χ4n) is 2.21. The van der Waals surface area contributed by atoms with Gasteiger partial charge in [0.05, 0.1) is 6.54 Å². The van der Waals surface area contributed by atoms with Gasteiger partial charge in [0.2, 0.25) is 0 Å². The largest absolute Gasteiger partial charge is 0.335 e. The van der Waals surface area contributed by atoms with Crippen LogP contribution in [0.15, 0.2) is 11.4 Å². The monoisotopic (exact) mass is 274 g/mol.